The summed E-state index contributed by atoms with van der Waals surface area (Å²) in [6.45, 7) is 4.97. The highest BCUT2D eigenvalue weighted by Gasteiger charge is 2.18. The van der Waals surface area contributed by atoms with Crippen molar-refractivity contribution in [3.63, 3.8) is 0 Å². The second kappa shape index (κ2) is 6.53. The number of carboxylic acids is 1. The van der Waals surface area contributed by atoms with Gasteiger partial charge in [0.25, 0.3) is 0 Å². The van der Waals surface area contributed by atoms with E-state index in [-0.39, 0.29) is 12.1 Å². The molecule has 0 saturated heterocycles. The summed E-state index contributed by atoms with van der Waals surface area (Å²) >= 11 is 0. The van der Waals surface area contributed by atoms with E-state index in [2.05, 4.69) is 17.2 Å². The molecule has 0 saturated carbocycles. The number of urea groups is 1. The smallest absolute Gasteiger partial charge is 0.326 e. The average Bonchev–Trinajstić information content (AvgIpc) is 2.34. The van der Waals surface area contributed by atoms with Crippen molar-refractivity contribution in [2.24, 2.45) is 0 Å². The van der Waals surface area contributed by atoms with Gasteiger partial charge in [-0.15, -0.1) is 6.58 Å². The fraction of sp³-hybridized carbons (Fsp3) is 0.231. The monoisotopic (exact) mass is 266 g/mol. The molecule has 1 atom stereocenters. The van der Waals surface area contributed by atoms with Crippen LogP contribution in [0.3, 0.4) is 0 Å². The number of carbonyl (C=O) groups is 2. The molecular formula is C13H15FN2O3. The molecule has 2 amide bonds. The molecule has 5 nitrogen and oxygen atoms in total. The SMILES string of the molecule is C=CCC(NC(=O)Nc1cccc(C)c1F)C(=O)O. The van der Waals surface area contributed by atoms with E-state index in [1.54, 1.807) is 19.1 Å². The van der Waals surface area contributed by atoms with Gasteiger partial charge in [0.2, 0.25) is 0 Å². The van der Waals surface area contributed by atoms with Gasteiger partial charge >= 0.3 is 12.0 Å². The standard InChI is InChI=1S/C13H15FN2O3/c1-3-5-10(12(17)18)16-13(19)15-9-7-4-6-8(2)11(9)14/h3-4,6-7,10H,1,5H2,2H3,(H,17,18)(H2,15,16,19). The number of hydrogen-bond donors (Lipinski definition) is 3. The van der Waals surface area contributed by atoms with Crippen LogP contribution in [0.5, 0.6) is 0 Å². The Balaban J connectivity index is 2.71. The molecule has 0 aliphatic rings. The fourth-order valence-corrected chi connectivity index (χ4v) is 1.45. The van der Waals surface area contributed by atoms with Crippen LogP contribution in [-0.2, 0) is 4.79 Å². The number of aliphatic carboxylic acids is 1. The number of nitrogens with one attached hydrogen (secondary N) is 2. The predicted molar refractivity (Wildman–Crippen MR) is 69.5 cm³/mol. The number of anilines is 1. The van der Waals surface area contributed by atoms with Crippen LogP contribution in [0.1, 0.15) is 12.0 Å². The molecule has 0 heterocycles. The Bertz CT molecular complexity index is 503. The van der Waals surface area contributed by atoms with Crippen molar-refractivity contribution in [2.75, 3.05) is 5.32 Å². The minimum atomic E-state index is -1.18. The van der Waals surface area contributed by atoms with Crippen molar-refractivity contribution >= 4 is 17.7 Å². The van der Waals surface area contributed by atoms with Gasteiger partial charge in [-0.3, -0.25) is 0 Å². The summed E-state index contributed by atoms with van der Waals surface area (Å²) in [5.74, 6) is -1.73. The van der Waals surface area contributed by atoms with Crippen LogP contribution in [0.25, 0.3) is 0 Å². The highest BCUT2D eigenvalue weighted by molar-refractivity contribution is 5.92. The summed E-state index contributed by atoms with van der Waals surface area (Å²) in [4.78, 5) is 22.4. The lowest BCUT2D eigenvalue weighted by Crippen LogP contribution is -2.42. The molecule has 1 unspecified atom stereocenters. The Hall–Kier alpha value is -2.37. The zero-order chi connectivity index (χ0) is 14.4. The van der Waals surface area contributed by atoms with Crippen LogP contribution in [-0.4, -0.2) is 23.1 Å². The van der Waals surface area contributed by atoms with E-state index < -0.39 is 23.9 Å². The first kappa shape index (κ1) is 14.7. The van der Waals surface area contributed by atoms with Crippen LogP contribution < -0.4 is 10.6 Å². The Labute approximate surface area is 110 Å². The topological polar surface area (TPSA) is 78.4 Å². The van der Waals surface area contributed by atoms with Crippen molar-refractivity contribution in [3.8, 4) is 0 Å². The van der Waals surface area contributed by atoms with E-state index in [1.165, 1.54) is 12.1 Å². The molecule has 6 heteroatoms. The Morgan fingerprint density at radius 2 is 2.21 bits per heavy atom. The lowest BCUT2D eigenvalue weighted by Gasteiger charge is -2.14. The van der Waals surface area contributed by atoms with Gasteiger partial charge in [-0.2, -0.15) is 0 Å². The second-order valence-corrected chi connectivity index (χ2v) is 3.95. The maximum atomic E-state index is 13.6. The molecule has 0 spiro atoms. The number of carbonyl (C=O) groups excluding carboxylic acids is 1. The van der Waals surface area contributed by atoms with Crippen LogP contribution in [0, 0.1) is 12.7 Å². The fourth-order valence-electron chi connectivity index (χ4n) is 1.45. The number of benzene rings is 1. The molecule has 19 heavy (non-hydrogen) atoms. The molecule has 0 aliphatic heterocycles. The number of hydrogen-bond acceptors (Lipinski definition) is 2. The van der Waals surface area contributed by atoms with E-state index in [0.29, 0.717) is 5.56 Å². The van der Waals surface area contributed by atoms with Crippen LogP contribution >= 0.6 is 0 Å². The number of rotatable bonds is 5. The maximum Gasteiger partial charge on any atom is 0.326 e. The molecule has 0 fully saturated rings. The molecule has 1 aromatic carbocycles. The molecule has 0 bridgehead atoms. The number of aryl methyl sites for hydroxylation is 1. The Morgan fingerprint density at radius 1 is 1.53 bits per heavy atom. The van der Waals surface area contributed by atoms with E-state index in [9.17, 15) is 14.0 Å². The first-order valence-corrected chi connectivity index (χ1v) is 5.62. The molecule has 0 radical (unpaired) electrons. The van der Waals surface area contributed by atoms with Crippen molar-refractivity contribution in [1.29, 1.82) is 0 Å². The molecule has 0 aromatic heterocycles. The molecule has 102 valence electrons. The lowest BCUT2D eigenvalue weighted by atomic mass is 10.2. The third-order valence-electron chi connectivity index (χ3n) is 2.45. The molecular weight excluding hydrogens is 251 g/mol. The molecule has 3 N–H and O–H groups in total. The summed E-state index contributed by atoms with van der Waals surface area (Å²) in [5.41, 5.74) is 0.388. The van der Waals surface area contributed by atoms with Crippen LogP contribution in [0.2, 0.25) is 0 Å². The third kappa shape index (κ3) is 4.09. The van der Waals surface area contributed by atoms with Gasteiger partial charge in [0, 0.05) is 0 Å². The quantitative estimate of drug-likeness (QED) is 0.715. The highest BCUT2D eigenvalue weighted by Crippen LogP contribution is 2.16. The van der Waals surface area contributed by atoms with Gasteiger partial charge in [-0.1, -0.05) is 18.2 Å². The maximum absolute atomic E-state index is 13.6. The Morgan fingerprint density at radius 3 is 2.79 bits per heavy atom. The first-order chi connectivity index (χ1) is 8.95. The van der Waals surface area contributed by atoms with Crippen molar-refractivity contribution < 1.29 is 19.1 Å². The van der Waals surface area contributed by atoms with Gasteiger partial charge < -0.3 is 15.7 Å². The summed E-state index contributed by atoms with van der Waals surface area (Å²) in [6.07, 6.45) is 1.46. The average molecular weight is 266 g/mol. The number of carboxylic acid groups (broad SMARTS) is 1. The zero-order valence-electron chi connectivity index (χ0n) is 10.4. The second-order valence-electron chi connectivity index (χ2n) is 3.95. The minimum absolute atomic E-state index is 0.000224. The minimum Gasteiger partial charge on any atom is -0.480 e. The van der Waals surface area contributed by atoms with E-state index >= 15 is 0 Å². The van der Waals surface area contributed by atoms with E-state index in [0.717, 1.165) is 0 Å². The molecule has 0 aliphatic carbocycles. The third-order valence-corrected chi connectivity index (χ3v) is 2.45. The Kier molecular flexibility index (Phi) is 5.05. The summed E-state index contributed by atoms with van der Waals surface area (Å²) in [6, 6.07) is 2.68. The van der Waals surface area contributed by atoms with Crippen molar-refractivity contribution in [2.45, 2.75) is 19.4 Å². The van der Waals surface area contributed by atoms with Gasteiger partial charge in [-0.25, -0.2) is 14.0 Å². The van der Waals surface area contributed by atoms with Gasteiger partial charge in [0.05, 0.1) is 5.69 Å². The number of amides is 2. The van der Waals surface area contributed by atoms with Crippen molar-refractivity contribution in [1.82, 2.24) is 5.32 Å². The normalized spacial score (nSPS) is 11.5. The largest absolute Gasteiger partial charge is 0.480 e. The first-order valence-electron chi connectivity index (χ1n) is 5.62. The van der Waals surface area contributed by atoms with E-state index in [1.807, 2.05) is 0 Å². The van der Waals surface area contributed by atoms with Gasteiger partial charge in [0.1, 0.15) is 11.9 Å². The van der Waals surface area contributed by atoms with Gasteiger partial charge in [0.15, 0.2) is 0 Å². The summed E-state index contributed by atoms with van der Waals surface area (Å²) < 4.78 is 13.6. The zero-order valence-corrected chi connectivity index (χ0v) is 10.4. The predicted octanol–water partition coefficient (Wildman–Crippen LogP) is 2.28. The highest BCUT2D eigenvalue weighted by atomic mass is 19.1. The van der Waals surface area contributed by atoms with Gasteiger partial charge in [-0.05, 0) is 25.0 Å². The lowest BCUT2D eigenvalue weighted by molar-refractivity contribution is -0.139. The molecule has 1 aromatic rings. The summed E-state index contributed by atoms with van der Waals surface area (Å²) in [7, 11) is 0. The van der Waals surface area contributed by atoms with Crippen LogP contribution in [0.4, 0.5) is 14.9 Å². The van der Waals surface area contributed by atoms with Crippen LogP contribution in [0.15, 0.2) is 30.9 Å². The summed E-state index contributed by atoms with van der Waals surface area (Å²) in [5, 5.41) is 13.4. The van der Waals surface area contributed by atoms with E-state index in [4.69, 9.17) is 5.11 Å². The van der Waals surface area contributed by atoms with Crippen molar-refractivity contribution in [3.05, 3.63) is 42.2 Å². The molecule has 1 rings (SSSR count). The number of halogens is 1.